The largest absolute Gasteiger partial charge is 0.494 e. The summed E-state index contributed by atoms with van der Waals surface area (Å²) in [5, 5.41) is 0. The summed E-state index contributed by atoms with van der Waals surface area (Å²) in [7, 11) is 0. The summed E-state index contributed by atoms with van der Waals surface area (Å²) < 4.78 is 11.4. The van der Waals surface area contributed by atoms with Gasteiger partial charge in [-0.2, -0.15) is 0 Å². The Labute approximate surface area is 137 Å². The van der Waals surface area contributed by atoms with Crippen molar-refractivity contribution in [3.05, 3.63) is 23.8 Å². The van der Waals surface area contributed by atoms with Gasteiger partial charge in [-0.3, -0.25) is 4.79 Å². The molecule has 2 aliphatic heterocycles. The number of likely N-dealkylation sites (tertiary alicyclic amines) is 1. The molecule has 1 fully saturated rings. The van der Waals surface area contributed by atoms with Crippen LogP contribution in [0.15, 0.2) is 18.2 Å². The molecule has 1 aromatic rings. The molecule has 2 N–H and O–H groups in total. The van der Waals surface area contributed by atoms with Crippen molar-refractivity contribution in [1.29, 1.82) is 0 Å². The smallest absolute Gasteiger partial charge is 0.229 e. The number of nitrogens with zero attached hydrogens (tertiary/aromatic N) is 1. The van der Waals surface area contributed by atoms with Gasteiger partial charge in [-0.25, -0.2) is 0 Å². The van der Waals surface area contributed by atoms with E-state index in [0.717, 1.165) is 30.0 Å². The SMILES string of the molecule is CCOc1ccc2c(c1)CC(C(=O)N1CC(CN)CC1C)CO2. The molecule has 1 saturated heterocycles. The van der Waals surface area contributed by atoms with E-state index in [0.29, 0.717) is 32.1 Å². The molecule has 23 heavy (non-hydrogen) atoms. The van der Waals surface area contributed by atoms with Crippen LogP contribution in [0.3, 0.4) is 0 Å². The molecule has 0 spiro atoms. The van der Waals surface area contributed by atoms with Crippen molar-refractivity contribution in [1.82, 2.24) is 4.90 Å². The van der Waals surface area contributed by atoms with Crippen LogP contribution in [-0.4, -0.2) is 43.2 Å². The lowest BCUT2D eigenvalue weighted by Gasteiger charge is -2.30. The number of rotatable bonds is 4. The highest BCUT2D eigenvalue weighted by Crippen LogP contribution is 2.33. The summed E-state index contributed by atoms with van der Waals surface area (Å²) in [6.07, 6.45) is 1.71. The molecule has 0 aliphatic carbocycles. The number of hydrogen-bond donors (Lipinski definition) is 1. The van der Waals surface area contributed by atoms with E-state index >= 15 is 0 Å². The number of hydrogen-bond acceptors (Lipinski definition) is 4. The van der Waals surface area contributed by atoms with Crippen molar-refractivity contribution in [2.75, 3.05) is 26.3 Å². The van der Waals surface area contributed by atoms with Crippen LogP contribution in [0.2, 0.25) is 0 Å². The molecule has 1 amide bonds. The maximum atomic E-state index is 12.9. The molecule has 3 rings (SSSR count). The maximum Gasteiger partial charge on any atom is 0.229 e. The molecule has 0 radical (unpaired) electrons. The first kappa shape index (κ1) is 16.1. The van der Waals surface area contributed by atoms with Gasteiger partial charge in [0, 0.05) is 12.6 Å². The zero-order valence-electron chi connectivity index (χ0n) is 14.0. The molecule has 3 atom stereocenters. The normalized spacial score (nSPS) is 26.6. The van der Waals surface area contributed by atoms with Gasteiger partial charge < -0.3 is 20.1 Å². The van der Waals surface area contributed by atoms with Gasteiger partial charge in [0.25, 0.3) is 0 Å². The van der Waals surface area contributed by atoms with Crippen LogP contribution in [-0.2, 0) is 11.2 Å². The molecule has 126 valence electrons. The standard InChI is InChI=1S/C18H26N2O3/c1-3-22-16-4-5-17-14(8-16)7-15(11-23-17)18(21)20-10-13(9-19)6-12(20)2/h4-5,8,12-13,15H,3,6-7,9-11,19H2,1-2H3. The fourth-order valence-electron chi connectivity index (χ4n) is 3.64. The minimum absolute atomic E-state index is 0.113. The highest BCUT2D eigenvalue weighted by molar-refractivity contribution is 5.80. The van der Waals surface area contributed by atoms with Gasteiger partial charge in [-0.1, -0.05) is 0 Å². The van der Waals surface area contributed by atoms with Crippen LogP contribution in [0, 0.1) is 11.8 Å². The second kappa shape index (κ2) is 6.79. The first-order valence-corrected chi connectivity index (χ1v) is 8.51. The summed E-state index contributed by atoms with van der Waals surface area (Å²) in [5.74, 6) is 2.21. The fraction of sp³-hybridized carbons (Fsp3) is 0.611. The maximum absolute atomic E-state index is 12.9. The van der Waals surface area contributed by atoms with E-state index in [-0.39, 0.29) is 17.9 Å². The second-order valence-electron chi connectivity index (χ2n) is 6.59. The summed E-state index contributed by atoms with van der Waals surface area (Å²) in [6, 6.07) is 6.12. The van der Waals surface area contributed by atoms with Crippen LogP contribution in [0.5, 0.6) is 11.5 Å². The van der Waals surface area contributed by atoms with Gasteiger partial charge in [0.2, 0.25) is 5.91 Å². The molecular weight excluding hydrogens is 292 g/mol. The number of amides is 1. The van der Waals surface area contributed by atoms with Crippen molar-refractivity contribution in [3.63, 3.8) is 0 Å². The zero-order chi connectivity index (χ0) is 16.4. The van der Waals surface area contributed by atoms with E-state index in [2.05, 4.69) is 6.92 Å². The van der Waals surface area contributed by atoms with Crippen LogP contribution >= 0.6 is 0 Å². The van der Waals surface area contributed by atoms with Gasteiger partial charge in [-0.15, -0.1) is 0 Å². The Kier molecular flexibility index (Phi) is 4.76. The number of fused-ring (bicyclic) bond motifs is 1. The predicted molar refractivity (Wildman–Crippen MR) is 88.6 cm³/mol. The number of carbonyl (C=O) groups is 1. The highest BCUT2D eigenvalue weighted by Gasteiger charge is 2.36. The molecule has 5 nitrogen and oxygen atoms in total. The number of ether oxygens (including phenoxy) is 2. The van der Waals surface area contributed by atoms with Crippen molar-refractivity contribution in [2.24, 2.45) is 17.6 Å². The molecule has 3 unspecified atom stereocenters. The zero-order valence-corrected chi connectivity index (χ0v) is 14.0. The summed E-state index contributed by atoms with van der Waals surface area (Å²) in [4.78, 5) is 14.9. The van der Waals surface area contributed by atoms with Crippen molar-refractivity contribution in [3.8, 4) is 11.5 Å². The van der Waals surface area contributed by atoms with Crippen LogP contribution in [0.1, 0.15) is 25.8 Å². The molecule has 0 bridgehead atoms. The predicted octanol–water partition coefficient (Wildman–Crippen LogP) is 1.83. The third-order valence-corrected chi connectivity index (χ3v) is 4.88. The van der Waals surface area contributed by atoms with Crippen LogP contribution < -0.4 is 15.2 Å². The van der Waals surface area contributed by atoms with Crippen LogP contribution in [0.25, 0.3) is 0 Å². The average Bonchev–Trinajstić information content (AvgIpc) is 2.95. The molecule has 2 heterocycles. The van der Waals surface area contributed by atoms with Gasteiger partial charge in [-0.05, 0) is 62.9 Å². The Bertz CT molecular complexity index is 575. The first-order valence-electron chi connectivity index (χ1n) is 8.51. The van der Waals surface area contributed by atoms with Gasteiger partial charge in [0.15, 0.2) is 0 Å². The minimum atomic E-state index is -0.113. The third kappa shape index (κ3) is 3.29. The fourth-order valence-corrected chi connectivity index (χ4v) is 3.64. The van der Waals surface area contributed by atoms with Gasteiger partial charge in [0.05, 0.1) is 12.5 Å². The summed E-state index contributed by atoms with van der Waals surface area (Å²) in [6.45, 7) is 6.59. The van der Waals surface area contributed by atoms with Crippen LogP contribution in [0.4, 0.5) is 0 Å². The summed E-state index contributed by atoms with van der Waals surface area (Å²) in [5.41, 5.74) is 6.83. The minimum Gasteiger partial charge on any atom is -0.494 e. The van der Waals surface area contributed by atoms with Crippen molar-refractivity contribution >= 4 is 5.91 Å². The number of nitrogens with two attached hydrogens (primary N) is 1. The topological polar surface area (TPSA) is 64.8 Å². The van der Waals surface area contributed by atoms with E-state index in [1.165, 1.54) is 0 Å². The monoisotopic (exact) mass is 318 g/mol. The molecule has 0 saturated carbocycles. The number of carbonyl (C=O) groups excluding carboxylic acids is 1. The lowest BCUT2D eigenvalue weighted by atomic mass is 9.95. The lowest BCUT2D eigenvalue weighted by molar-refractivity contribution is -0.137. The van der Waals surface area contributed by atoms with E-state index in [9.17, 15) is 4.79 Å². The van der Waals surface area contributed by atoms with Crippen molar-refractivity contribution < 1.29 is 14.3 Å². The number of benzene rings is 1. The second-order valence-corrected chi connectivity index (χ2v) is 6.59. The molecule has 0 aromatic heterocycles. The molecular formula is C18H26N2O3. The van der Waals surface area contributed by atoms with Crippen molar-refractivity contribution in [2.45, 2.75) is 32.7 Å². The molecule has 2 aliphatic rings. The van der Waals surface area contributed by atoms with E-state index in [4.69, 9.17) is 15.2 Å². The Balaban J connectivity index is 1.71. The first-order chi connectivity index (χ1) is 11.1. The van der Waals surface area contributed by atoms with E-state index in [1.54, 1.807) is 0 Å². The highest BCUT2D eigenvalue weighted by atomic mass is 16.5. The van der Waals surface area contributed by atoms with E-state index < -0.39 is 0 Å². The Morgan fingerprint density at radius 2 is 2.30 bits per heavy atom. The Hall–Kier alpha value is -1.75. The third-order valence-electron chi connectivity index (χ3n) is 4.88. The van der Waals surface area contributed by atoms with Gasteiger partial charge in [0.1, 0.15) is 18.1 Å². The molecule has 1 aromatic carbocycles. The summed E-state index contributed by atoms with van der Waals surface area (Å²) >= 11 is 0. The quantitative estimate of drug-likeness (QED) is 0.920. The van der Waals surface area contributed by atoms with E-state index in [1.807, 2.05) is 30.0 Å². The lowest BCUT2D eigenvalue weighted by Crippen LogP contribution is -2.42. The van der Waals surface area contributed by atoms with Gasteiger partial charge >= 0.3 is 0 Å². The Morgan fingerprint density at radius 1 is 1.48 bits per heavy atom. The average molecular weight is 318 g/mol. The molecule has 5 heteroatoms. The Morgan fingerprint density at radius 3 is 3.00 bits per heavy atom.